The number of H-pyrrole nitrogens is 1. The molecule has 0 saturated carbocycles. The van der Waals surface area contributed by atoms with Gasteiger partial charge in [0.2, 0.25) is 0 Å². The van der Waals surface area contributed by atoms with E-state index in [1.807, 2.05) is 12.4 Å². The number of hydrogen-bond donors (Lipinski definition) is 1. The van der Waals surface area contributed by atoms with Crippen molar-refractivity contribution < 1.29 is 4.79 Å². The summed E-state index contributed by atoms with van der Waals surface area (Å²) in [4.78, 5) is 33.6. The van der Waals surface area contributed by atoms with Crippen molar-refractivity contribution in [3.8, 4) is 0 Å². The maximum absolute atomic E-state index is 12.7. The van der Waals surface area contributed by atoms with Crippen molar-refractivity contribution in [2.24, 2.45) is 0 Å². The molecule has 1 aliphatic heterocycles. The highest BCUT2D eigenvalue weighted by molar-refractivity contribution is 5.93. The van der Waals surface area contributed by atoms with Crippen molar-refractivity contribution in [3.05, 3.63) is 52.0 Å². The van der Waals surface area contributed by atoms with Crippen LogP contribution >= 0.6 is 0 Å². The molecular formula is C17H22N4O2. The molecular weight excluding hydrogens is 292 g/mol. The third kappa shape index (κ3) is 3.06. The number of nitrogens with zero attached hydrogens (tertiary/aromatic N) is 3. The second-order valence-electron chi connectivity index (χ2n) is 6.05. The van der Waals surface area contributed by atoms with E-state index >= 15 is 0 Å². The van der Waals surface area contributed by atoms with Crippen molar-refractivity contribution in [3.63, 3.8) is 0 Å². The number of imidazole rings is 1. The zero-order chi connectivity index (χ0) is 16.4. The van der Waals surface area contributed by atoms with Crippen LogP contribution in [0.3, 0.4) is 0 Å². The predicted molar refractivity (Wildman–Crippen MR) is 87.6 cm³/mol. The lowest BCUT2D eigenvalue weighted by Crippen LogP contribution is -2.41. The van der Waals surface area contributed by atoms with Gasteiger partial charge in [0, 0.05) is 43.6 Å². The lowest BCUT2D eigenvalue weighted by atomic mass is 9.96. The number of aromatic nitrogens is 3. The molecule has 0 bridgehead atoms. The largest absolute Gasteiger partial charge is 0.338 e. The number of rotatable bonds is 3. The molecule has 6 heteroatoms. The summed E-state index contributed by atoms with van der Waals surface area (Å²) in [6.07, 6.45) is 5.73. The maximum Gasteiger partial charge on any atom is 0.260 e. The Kier molecular flexibility index (Phi) is 4.32. The molecule has 1 N–H and O–H groups in total. The number of hydrogen-bond acceptors (Lipinski definition) is 3. The number of pyridine rings is 1. The summed E-state index contributed by atoms with van der Waals surface area (Å²) in [6.45, 7) is 6.07. The first-order valence-corrected chi connectivity index (χ1v) is 8.10. The van der Waals surface area contributed by atoms with Gasteiger partial charge in [-0.3, -0.25) is 9.59 Å². The standard InChI is InChI=1S/C17H22N4O2/c1-3-20-10-8-18-15(20)13-5-4-9-21(11-13)17(23)14-7-6-12(2)19-16(14)22/h6-8,10,13H,3-5,9,11H2,1-2H3,(H,19,22). The van der Waals surface area contributed by atoms with Gasteiger partial charge in [0.15, 0.2) is 0 Å². The Morgan fingerprint density at radius 3 is 3.00 bits per heavy atom. The van der Waals surface area contributed by atoms with Crippen LogP contribution in [0.5, 0.6) is 0 Å². The summed E-state index contributed by atoms with van der Waals surface area (Å²) in [7, 11) is 0. The summed E-state index contributed by atoms with van der Waals surface area (Å²) in [5.41, 5.74) is 0.662. The number of carbonyl (C=O) groups excluding carboxylic acids is 1. The zero-order valence-electron chi connectivity index (χ0n) is 13.6. The third-order valence-electron chi connectivity index (χ3n) is 4.45. The monoisotopic (exact) mass is 314 g/mol. The van der Waals surface area contributed by atoms with Crippen LogP contribution in [0.4, 0.5) is 0 Å². The molecule has 0 aliphatic carbocycles. The van der Waals surface area contributed by atoms with E-state index in [9.17, 15) is 9.59 Å². The molecule has 1 atom stereocenters. The first-order valence-electron chi connectivity index (χ1n) is 8.10. The van der Waals surface area contributed by atoms with E-state index in [0.717, 1.165) is 30.9 Å². The smallest absolute Gasteiger partial charge is 0.260 e. The van der Waals surface area contributed by atoms with Gasteiger partial charge >= 0.3 is 0 Å². The Hall–Kier alpha value is -2.37. The van der Waals surface area contributed by atoms with E-state index in [0.29, 0.717) is 13.1 Å². The average Bonchev–Trinajstić information content (AvgIpc) is 3.03. The minimum Gasteiger partial charge on any atom is -0.338 e. The van der Waals surface area contributed by atoms with Crippen LogP contribution in [-0.4, -0.2) is 38.4 Å². The zero-order valence-corrected chi connectivity index (χ0v) is 13.6. The van der Waals surface area contributed by atoms with E-state index in [-0.39, 0.29) is 22.9 Å². The molecule has 23 heavy (non-hydrogen) atoms. The van der Waals surface area contributed by atoms with Crippen LogP contribution in [0, 0.1) is 6.92 Å². The third-order valence-corrected chi connectivity index (χ3v) is 4.45. The minimum absolute atomic E-state index is 0.189. The molecule has 6 nitrogen and oxygen atoms in total. The van der Waals surface area contributed by atoms with Gasteiger partial charge < -0.3 is 14.5 Å². The van der Waals surface area contributed by atoms with Crippen molar-refractivity contribution in [2.45, 2.75) is 39.2 Å². The lowest BCUT2D eigenvalue weighted by Gasteiger charge is -2.32. The van der Waals surface area contributed by atoms with E-state index in [2.05, 4.69) is 21.5 Å². The van der Waals surface area contributed by atoms with Crippen molar-refractivity contribution >= 4 is 5.91 Å². The van der Waals surface area contributed by atoms with Crippen LogP contribution in [0.25, 0.3) is 0 Å². The summed E-state index contributed by atoms with van der Waals surface area (Å²) in [5, 5.41) is 0. The molecule has 0 radical (unpaired) electrons. The molecule has 1 fully saturated rings. The van der Waals surface area contributed by atoms with Crippen LogP contribution in [0.2, 0.25) is 0 Å². The summed E-state index contributed by atoms with van der Waals surface area (Å²) >= 11 is 0. The van der Waals surface area contributed by atoms with Gasteiger partial charge in [0.1, 0.15) is 11.4 Å². The molecule has 1 unspecified atom stereocenters. The molecule has 1 saturated heterocycles. The second-order valence-corrected chi connectivity index (χ2v) is 6.05. The first-order chi connectivity index (χ1) is 11.1. The average molecular weight is 314 g/mol. The molecule has 3 heterocycles. The van der Waals surface area contributed by atoms with Gasteiger partial charge in [-0.15, -0.1) is 0 Å². The highest BCUT2D eigenvalue weighted by atomic mass is 16.2. The Labute approximate surface area is 135 Å². The molecule has 0 aromatic carbocycles. The molecule has 0 spiro atoms. The van der Waals surface area contributed by atoms with Crippen molar-refractivity contribution in [2.75, 3.05) is 13.1 Å². The van der Waals surface area contributed by atoms with Gasteiger partial charge in [0.05, 0.1) is 0 Å². The number of amides is 1. The highest BCUT2D eigenvalue weighted by Gasteiger charge is 2.28. The molecule has 3 rings (SSSR count). The Bertz CT molecular complexity index is 762. The lowest BCUT2D eigenvalue weighted by molar-refractivity contribution is 0.0701. The van der Waals surface area contributed by atoms with Crippen LogP contribution in [0.1, 0.15) is 47.6 Å². The Morgan fingerprint density at radius 2 is 2.26 bits per heavy atom. The molecule has 1 aliphatic rings. The fourth-order valence-electron chi connectivity index (χ4n) is 3.23. The minimum atomic E-state index is -0.313. The van der Waals surface area contributed by atoms with Gasteiger partial charge in [-0.1, -0.05) is 0 Å². The summed E-state index contributed by atoms with van der Waals surface area (Å²) < 4.78 is 2.12. The maximum atomic E-state index is 12.7. The molecule has 2 aromatic heterocycles. The topological polar surface area (TPSA) is 71.0 Å². The second kappa shape index (κ2) is 6.40. The van der Waals surface area contributed by atoms with Crippen molar-refractivity contribution in [1.29, 1.82) is 0 Å². The molecule has 1 amide bonds. The van der Waals surface area contributed by atoms with Crippen LogP contribution in [0.15, 0.2) is 29.3 Å². The first kappa shape index (κ1) is 15.5. The van der Waals surface area contributed by atoms with Crippen LogP contribution < -0.4 is 5.56 Å². The van der Waals surface area contributed by atoms with Gasteiger partial charge in [-0.2, -0.15) is 0 Å². The van der Waals surface area contributed by atoms with E-state index in [4.69, 9.17) is 0 Å². The normalized spacial score (nSPS) is 18.2. The Balaban J connectivity index is 1.81. The van der Waals surface area contributed by atoms with Crippen molar-refractivity contribution in [1.82, 2.24) is 19.4 Å². The van der Waals surface area contributed by atoms with Gasteiger partial charge in [0.25, 0.3) is 11.5 Å². The van der Waals surface area contributed by atoms with Gasteiger partial charge in [-0.05, 0) is 38.8 Å². The van der Waals surface area contributed by atoms with E-state index in [1.54, 1.807) is 24.0 Å². The quantitative estimate of drug-likeness (QED) is 0.941. The number of likely N-dealkylation sites (tertiary alicyclic amines) is 1. The highest BCUT2D eigenvalue weighted by Crippen LogP contribution is 2.26. The number of carbonyl (C=O) groups is 1. The fourth-order valence-corrected chi connectivity index (χ4v) is 3.23. The molecule has 2 aromatic rings. The summed E-state index contributed by atoms with van der Waals surface area (Å²) in [6, 6.07) is 3.38. The SMILES string of the molecule is CCn1ccnc1C1CCCN(C(=O)c2ccc(C)[nH]c2=O)C1. The number of piperidine rings is 1. The van der Waals surface area contributed by atoms with Gasteiger partial charge in [-0.25, -0.2) is 4.98 Å². The number of aryl methyl sites for hydroxylation is 2. The fraction of sp³-hybridized carbons (Fsp3) is 0.471. The van der Waals surface area contributed by atoms with Crippen LogP contribution in [-0.2, 0) is 6.54 Å². The molecule has 122 valence electrons. The number of aromatic amines is 1. The summed E-state index contributed by atoms with van der Waals surface area (Å²) in [5.74, 6) is 1.07. The predicted octanol–water partition coefficient (Wildman–Crippen LogP) is 1.92. The van der Waals surface area contributed by atoms with E-state index in [1.165, 1.54) is 0 Å². The Morgan fingerprint density at radius 1 is 1.43 bits per heavy atom. The van der Waals surface area contributed by atoms with E-state index < -0.39 is 0 Å². The number of nitrogens with one attached hydrogen (secondary N) is 1.